The summed E-state index contributed by atoms with van der Waals surface area (Å²) < 4.78 is 42.8. The van der Waals surface area contributed by atoms with E-state index in [2.05, 4.69) is 0 Å². The lowest BCUT2D eigenvalue weighted by Crippen LogP contribution is -2.44. The molecule has 0 N–H and O–H groups in total. The van der Waals surface area contributed by atoms with Gasteiger partial charge in [-0.05, 0) is 40.2 Å². The number of halogens is 3. The standard InChI is InChI=1S/C12H20F3NO2/c1-11(2,3)18-10(17)8-16-6-4-5-9(7-16)12(13,14)15/h9H,4-8H2,1-3H3/t9-/m0/s1. The molecule has 0 aromatic rings. The summed E-state index contributed by atoms with van der Waals surface area (Å²) >= 11 is 0. The summed E-state index contributed by atoms with van der Waals surface area (Å²) in [7, 11) is 0. The second-order valence-electron chi connectivity index (χ2n) is 5.70. The maximum atomic E-state index is 12.6. The molecule has 1 fully saturated rings. The molecule has 1 atom stereocenters. The number of ether oxygens (including phenoxy) is 1. The highest BCUT2D eigenvalue weighted by atomic mass is 19.4. The van der Waals surface area contributed by atoms with Gasteiger partial charge in [0.25, 0.3) is 0 Å². The van der Waals surface area contributed by atoms with E-state index in [1.807, 2.05) is 0 Å². The van der Waals surface area contributed by atoms with E-state index in [9.17, 15) is 18.0 Å². The number of carbonyl (C=O) groups is 1. The molecule has 0 saturated carbocycles. The molecular formula is C12H20F3NO2. The van der Waals surface area contributed by atoms with Gasteiger partial charge in [-0.2, -0.15) is 13.2 Å². The zero-order valence-corrected chi connectivity index (χ0v) is 11.0. The van der Waals surface area contributed by atoms with Crippen molar-refractivity contribution in [1.29, 1.82) is 0 Å². The maximum absolute atomic E-state index is 12.6. The summed E-state index contributed by atoms with van der Waals surface area (Å²) in [5.74, 6) is -1.79. The number of carbonyl (C=O) groups excluding carboxylic acids is 1. The zero-order valence-electron chi connectivity index (χ0n) is 11.0. The van der Waals surface area contributed by atoms with Crippen LogP contribution in [0.25, 0.3) is 0 Å². The summed E-state index contributed by atoms with van der Waals surface area (Å²) in [6.07, 6.45) is -3.56. The van der Waals surface area contributed by atoms with Gasteiger partial charge in [-0.25, -0.2) is 0 Å². The molecule has 0 amide bonds. The lowest BCUT2D eigenvalue weighted by Gasteiger charge is -2.33. The Morgan fingerprint density at radius 2 is 1.94 bits per heavy atom. The van der Waals surface area contributed by atoms with Crippen LogP contribution in [0.1, 0.15) is 33.6 Å². The van der Waals surface area contributed by atoms with Crippen LogP contribution in [-0.4, -0.2) is 42.3 Å². The van der Waals surface area contributed by atoms with Gasteiger partial charge in [0.15, 0.2) is 0 Å². The van der Waals surface area contributed by atoms with E-state index in [4.69, 9.17) is 4.74 Å². The number of alkyl halides is 3. The maximum Gasteiger partial charge on any atom is 0.393 e. The molecule has 0 radical (unpaired) electrons. The van der Waals surface area contributed by atoms with Crippen molar-refractivity contribution in [2.45, 2.75) is 45.4 Å². The van der Waals surface area contributed by atoms with Crippen molar-refractivity contribution >= 4 is 5.97 Å². The first kappa shape index (κ1) is 15.3. The topological polar surface area (TPSA) is 29.5 Å². The molecule has 0 bridgehead atoms. The number of rotatable bonds is 2. The van der Waals surface area contributed by atoms with Crippen molar-refractivity contribution in [2.75, 3.05) is 19.6 Å². The monoisotopic (exact) mass is 267 g/mol. The minimum absolute atomic E-state index is 0.0656. The normalized spacial score (nSPS) is 22.9. The molecule has 0 spiro atoms. The smallest absolute Gasteiger partial charge is 0.393 e. The number of piperidine rings is 1. The molecule has 0 unspecified atom stereocenters. The van der Waals surface area contributed by atoms with Crippen LogP contribution in [0.5, 0.6) is 0 Å². The summed E-state index contributed by atoms with van der Waals surface area (Å²) in [6, 6.07) is 0. The average molecular weight is 267 g/mol. The van der Waals surface area contributed by atoms with Gasteiger partial charge in [0.2, 0.25) is 0 Å². The van der Waals surface area contributed by atoms with Gasteiger partial charge >= 0.3 is 12.1 Å². The number of nitrogens with zero attached hydrogens (tertiary/aromatic N) is 1. The van der Waals surface area contributed by atoms with E-state index in [1.165, 1.54) is 4.90 Å². The van der Waals surface area contributed by atoms with Crippen molar-refractivity contribution in [3.05, 3.63) is 0 Å². The number of likely N-dealkylation sites (tertiary alicyclic amines) is 1. The van der Waals surface area contributed by atoms with Crippen LogP contribution >= 0.6 is 0 Å². The fourth-order valence-corrected chi connectivity index (χ4v) is 2.02. The van der Waals surface area contributed by atoms with E-state index in [-0.39, 0.29) is 19.5 Å². The first-order valence-electron chi connectivity index (χ1n) is 6.09. The Hall–Kier alpha value is -0.780. The van der Waals surface area contributed by atoms with Gasteiger partial charge in [0.05, 0.1) is 12.5 Å². The lowest BCUT2D eigenvalue weighted by molar-refractivity contribution is -0.189. The van der Waals surface area contributed by atoms with Crippen LogP contribution in [0.3, 0.4) is 0 Å². The minimum Gasteiger partial charge on any atom is -0.459 e. The molecular weight excluding hydrogens is 247 g/mol. The Balaban J connectivity index is 2.46. The van der Waals surface area contributed by atoms with Crippen LogP contribution in [0.15, 0.2) is 0 Å². The fourth-order valence-electron chi connectivity index (χ4n) is 2.02. The molecule has 3 nitrogen and oxygen atoms in total. The van der Waals surface area contributed by atoms with Crippen LogP contribution < -0.4 is 0 Å². The van der Waals surface area contributed by atoms with Gasteiger partial charge in [-0.3, -0.25) is 9.69 Å². The molecule has 0 aromatic heterocycles. The van der Waals surface area contributed by atoms with Crippen LogP contribution in [0.2, 0.25) is 0 Å². The predicted molar refractivity (Wildman–Crippen MR) is 61.1 cm³/mol. The predicted octanol–water partition coefficient (Wildman–Crippen LogP) is 2.60. The third-order valence-corrected chi connectivity index (χ3v) is 2.74. The van der Waals surface area contributed by atoms with E-state index < -0.39 is 23.7 Å². The molecule has 1 aliphatic heterocycles. The second kappa shape index (κ2) is 5.47. The third kappa shape index (κ3) is 5.25. The first-order valence-corrected chi connectivity index (χ1v) is 6.09. The van der Waals surface area contributed by atoms with Gasteiger partial charge in [-0.15, -0.1) is 0 Å². The quantitative estimate of drug-likeness (QED) is 0.720. The summed E-state index contributed by atoms with van der Waals surface area (Å²) in [4.78, 5) is 13.1. The van der Waals surface area contributed by atoms with Crippen molar-refractivity contribution in [2.24, 2.45) is 5.92 Å². The van der Waals surface area contributed by atoms with Crippen molar-refractivity contribution in [3.8, 4) is 0 Å². The van der Waals surface area contributed by atoms with E-state index in [0.717, 1.165) is 0 Å². The summed E-state index contributed by atoms with van der Waals surface area (Å²) in [5, 5.41) is 0. The molecule has 106 valence electrons. The fraction of sp³-hybridized carbons (Fsp3) is 0.917. The highest BCUT2D eigenvalue weighted by Crippen LogP contribution is 2.33. The van der Waals surface area contributed by atoms with Gasteiger partial charge in [0.1, 0.15) is 5.60 Å². The summed E-state index contributed by atoms with van der Waals surface area (Å²) in [5.41, 5.74) is -0.601. The van der Waals surface area contributed by atoms with Crippen LogP contribution in [0, 0.1) is 5.92 Å². The lowest BCUT2D eigenvalue weighted by atomic mass is 9.97. The average Bonchev–Trinajstić information content (AvgIpc) is 2.13. The van der Waals surface area contributed by atoms with E-state index >= 15 is 0 Å². The number of hydrogen-bond donors (Lipinski definition) is 0. The van der Waals surface area contributed by atoms with Crippen molar-refractivity contribution in [1.82, 2.24) is 4.90 Å². The molecule has 18 heavy (non-hydrogen) atoms. The van der Waals surface area contributed by atoms with Gasteiger partial charge < -0.3 is 4.74 Å². The number of esters is 1. The highest BCUT2D eigenvalue weighted by molar-refractivity contribution is 5.72. The zero-order chi connectivity index (χ0) is 14.0. The highest BCUT2D eigenvalue weighted by Gasteiger charge is 2.42. The van der Waals surface area contributed by atoms with E-state index in [0.29, 0.717) is 13.0 Å². The van der Waals surface area contributed by atoms with Crippen LogP contribution in [0.4, 0.5) is 13.2 Å². The Labute approximate surface area is 105 Å². The largest absolute Gasteiger partial charge is 0.459 e. The Morgan fingerprint density at radius 1 is 1.33 bits per heavy atom. The molecule has 0 aromatic carbocycles. The SMILES string of the molecule is CC(C)(C)OC(=O)CN1CCC[C@H](C(F)(F)F)C1. The van der Waals surface area contributed by atoms with Crippen LogP contribution in [-0.2, 0) is 9.53 Å². The molecule has 1 heterocycles. The van der Waals surface area contributed by atoms with Crippen molar-refractivity contribution < 1.29 is 22.7 Å². The molecule has 0 aliphatic carbocycles. The number of hydrogen-bond acceptors (Lipinski definition) is 3. The molecule has 1 rings (SSSR count). The van der Waals surface area contributed by atoms with E-state index in [1.54, 1.807) is 20.8 Å². The molecule has 1 aliphatic rings. The summed E-state index contributed by atoms with van der Waals surface area (Å²) in [6.45, 7) is 5.55. The van der Waals surface area contributed by atoms with Gasteiger partial charge in [0, 0.05) is 6.54 Å². The molecule has 6 heteroatoms. The Morgan fingerprint density at radius 3 is 2.44 bits per heavy atom. The Bertz CT molecular complexity index is 297. The Kier molecular flexibility index (Phi) is 4.64. The van der Waals surface area contributed by atoms with Crippen molar-refractivity contribution in [3.63, 3.8) is 0 Å². The minimum atomic E-state index is -4.17. The molecule has 1 saturated heterocycles. The first-order chi connectivity index (χ1) is 8.08. The second-order valence-corrected chi connectivity index (χ2v) is 5.70. The third-order valence-electron chi connectivity index (χ3n) is 2.74. The van der Waals surface area contributed by atoms with Gasteiger partial charge in [-0.1, -0.05) is 0 Å².